The molecule has 0 spiro atoms. The van der Waals surface area contributed by atoms with E-state index in [1.807, 2.05) is 0 Å². The molecule has 1 fully saturated rings. The summed E-state index contributed by atoms with van der Waals surface area (Å²) in [6, 6.07) is 7.13. The Kier molecular flexibility index (Phi) is 3.89. The monoisotopic (exact) mass is 349 g/mol. The van der Waals surface area contributed by atoms with Crippen LogP contribution in [0.15, 0.2) is 41.4 Å². The second-order valence-electron chi connectivity index (χ2n) is 4.56. The van der Waals surface area contributed by atoms with Gasteiger partial charge >= 0.3 is 5.00 Å². The topological polar surface area (TPSA) is 75.5 Å². The fraction of sp³-hybridized carbons (Fsp3) is 0. The van der Waals surface area contributed by atoms with Gasteiger partial charge in [0.25, 0.3) is 5.91 Å². The van der Waals surface area contributed by atoms with E-state index in [1.54, 1.807) is 11.4 Å². The summed E-state index contributed by atoms with van der Waals surface area (Å²) < 4.78 is 13.9. The fourth-order valence-electron chi connectivity index (χ4n) is 2.06. The smallest absolute Gasteiger partial charge is 0.324 e. The lowest BCUT2D eigenvalue weighted by Gasteiger charge is -2.14. The minimum atomic E-state index is -0.572. The summed E-state index contributed by atoms with van der Waals surface area (Å²) in [5.41, 5.74) is 0.677. The Balaban J connectivity index is 1.93. The first-order valence-electron chi connectivity index (χ1n) is 6.32. The molecule has 0 saturated carbocycles. The number of benzene rings is 1. The van der Waals surface area contributed by atoms with Crippen molar-refractivity contribution >= 4 is 51.3 Å². The van der Waals surface area contributed by atoms with E-state index in [0.29, 0.717) is 5.56 Å². The predicted octanol–water partition coefficient (Wildman–Crippen LogP) is 3.06. The van der Waals surface area contributed by atoms with Gasteiger partial charge in [-0.1, -0.05) is 23.5 Å². The molecule has 3 rings (SSSR count). The standard InChI is InChI=1S/C14H8FN3O3S2/c15-9-3-1-2-4-11(9)17-13(19)10(16-14(17)22)5-8-6-12(18(20)21)23-7-8/h1-7H,(H,16,22)/b10-5+. The van der Waals surface area contributed by atoms with Gasteiger partial charge in [-0.3, -0.25) is 14.9 Å². The molecule has 1 N–H and O–H groups in total. The van der Waals surface area contributed by atoms with Crippen molar-refractivity contribution < 1.29 is 14.1 Å². The second-order valence-corrected chi connectivity index (χ2v) is 5.83. The van der Waals surface area contributed by atoms with E-state index in [-0.39, 0.29) is 21.5 Å². The van der Waals surface area contributed by atoms with Crippen molar-refractivity contribution in [2.45, 2.75) is 0 Å². The summed E-state index contributed by atoms with van der Waals surface area (Å²) in [6.45, 7) is 0. The maximum Gasteiger partial charge on any atom is 0.324 e. The highest BCUT2D eigenvalue weighted by Gasteiger charge is 2.33. The SMILES string of the molecule is O=C1/C(=C\c2csc([N+](=O)[O-])c2)NC(=S)N1c1ccccc1F. The van der Waals surface area contributed by atoms with Gasteiger partial charge < -0.3 is 5.32 Å². The molecule has 1 aliphatic rings. The van der Waals surface area contributed by atoms with E-state index in [2.05, 4.69) is 5.32 Å². The first-order chi connectivity index (χ1) is 11.0. The average molecular weight is 349 g/mol. The van der Waals surface area contributed by atoms with Crippen molar-refractivity contribution in [3.05, 3.63) is 62.9 Å². The number of para-hydroxylation sites is 1. The average Bonchev–Trinajstić information content (AvgIpc) is 3.07. The quantitative estimate of drug-likeness (QED) is 0.399. The number of nitrogens with zero attached hydrogens (tertiary/aromatic N) is 2. The number of amides is 1. The van der Waals surface area contributed by atoms with Gasteiger partial charge in [0.05, 0.1) is 10.6 Å². The molecule has 1 aromatic heterocycles. The predicted molar refractivity (Wildman–Crippen MR) is 88.6 cm³/mol. The zero-order valence-electron chi connectivity index (χ0n) is 11.4. The van der Waals surface area contributed by atoms with E-state index in [4.69, 9.17) is 12.2 Å². The minimum absolute atomic E-state index is 0.0316. The second kappa shape index (κ2) is 5.86. The van der Waals surface area contributed by atoms with Crippen LogP contribution in [-0.4, -0.2) is 15.9 Å². The number of carbonyl (C=O) groups excluding carboxylic acids is 1. The summed E-state index contributed by atoms with van der Waals surface area (Å²) in [4.78, 5) is 23.7. The van der Waals surface area contributed by atoms with Crippen LogP contribution in [0.4, 0.5) is 15.1 Å². The number of carbonyl (C=O) groups is 1. The maximum atomic E-state index is 13.9. The first-order valence-corrected chi connectivity index (χ1v) is 7.61. The molecular formula is C14H8FN3O3S2. The van der Waals surface area contributed by atoms with Crippen LogP contribution in [0.3, 0.4) is 0 Å². The van der Waals surface area contributed by atoms with Crippen LogP contribution in [0.25, 0.3) is 6.08 Å². The number of hydrogen-bond acceptors (Lipinski definition) is 5. The number of nitrogens with one attached hydrogen (secondary N) is 1. The van der Waals surface area contributed by atoms with Crippen LogP contribution in [0.1, 0.15) is 5.56 Å². The number of anilines is 1. The fourth-order valence-corrected chi connectivity index (χ4v) is 3.04. The molecule has 1 aromatic carbocycles. The van der Waals surface area contributed by atoms with E-state index in [0.717, 1.165) is 16.2 Å². The van der Waals surface area contributed by atoms with Gasteiger partial charge in [0.15, 0.2) is 5.11 Å². The normalized spacial score (nSPS) is 16.0. The highest BCUT2D eigenvalue weighted by Crippen LogP contribution is 2.27. The summed E-state index contributed by atoms with van der Waals surface area (Å²) >= 11 is 6.03. The molecule has 0 atom stereocenters. The first kappa shape index (κ1) is 15.3. The van der Waals surface area contributed by atoms with E-state index < -0.39 is 16.6 Å². The Morgan fingerprint density at radius 1 is 1.39 bits per heavy atom. The number of thiocarbonyl (C=S) groups is 1. The molecule has 0 aliphatic carbocycles. The number of rotatable bonds is 3. The Morgan fingerprint density at radius 2 is 2.13 bits per heavy atom. The maximum absolute atomic E-state index is 13.9. The Morgan fingerprint density at radius 3 is 2.78 bits per heavy atom. The molecule has 23 heavy (non-hydrogen) atoms. The molecular weight excluding hydrogens is 341 g/mol. The van der Waals surface area contributed by atoms with Crippen LogP contribution < -0.4 is 10.2 Å². The van der Waals surface area contributed by atoms with E-state index in [1.165, 1.54) is 30.3 Å². The lowest BCUT2D eigenvalue weighted by molar-refractivity contribution is -0.380. The molecule has 2 aromatic rings. The van der Waals surface area contributed by atoms with Crippen LogP contribution in [0.2, 0.25) is 0 Å². The van der Waals surface area contributed by atoms with Crippen molar-refractivity contribution in [1.82, 2.24) is 5.32 Å². The number of nitro groups is 1. The van der Waals surface area contributed by atoms with E-state index >= 15 is 0 Å². The Bertz CT molecular complexity index is 862. The third kappa shape index (κ3) is 2.83. The van der Waals surface area contributed by atoms with Gasteiger partial charge in [-0.05, 0) is 36.0 Å². The summed E-state index contributed by atoms with van der Waals surface area (Å²) in [5, 5.41) is 15.0. The van der Waals surface area contributed by atoms with Crippen LogP contribution in [0, 0.1) is 15.9 Å². The molecule has 9 heteroatoms. The molecule has 0 radical (unpaired) electrons. The third-order valence-electron chi connectivity index (χ3n) is 3.07. The molecule has 1 saturated heterocycles. The van der Waals surface area contributed by atoms with Crippen LogP contribution in [-0.2, 0) is 4.79 Å². The lowest BCUT2D eigenvalue weighted by atomic mass is 10.2. The Hall–Kier alpha value is -2.65. The van der Waals surface area contributed by atoms with Crippen LogP contribution in [0.5, 0.6) is 0 Å². The zero-order chi connectivity index (χ0) is 16.6. The van der Waals surface area contributed by atoms with Crippen molar-refractivity contribution in [2.24, 2.45) is 0 Å². The van der Waals surface area contributed by atoms with Gasteiger partial charge in [0, 0.05) is 11.4 Å². The minimum Gasteiger partial charge on any atom is -0.327 e. The largest absolute Gasteiger partial charge is 0.327 e. The molecule has 1 aliphatic heterocycles. The van der Waals surface area contributed by atoms with Crippen molar-refractivity contribution in [3.63, 3.8) is 0 Å². The van der Waals surface area contributed by atoms with Gasteiger partial charge in [-0.2, -0.15) is 0 Å². The number of hydrogen-bond donors (Lipinski definition) is 1. The highest BCUT2D eigenvalue weighted by atomic mass is 32.1. The summed E-state index contributed by atoms with van der Waals surface area (Å²) in [5.74, 6) is -1.09. The van der Waals surface area contributed by atoms with Crippen molar-refractivity contribution in [3.8, 4) is 0 Å². The Labute approximate surface area is 139 Å². The van der Waals surface area contributed by atoms with Crippen molar-refractivity contribution in [2.75, 3.05) is 4.90 Å². The molecule has 0 bridgehead atoms. The lowest BCUT2D eigenvalue weighted by Crippen LogP contribution is -2.31. The molecule has 2 heterocycles. The number of halogens is 1. The zero-order valence-corrected chi connectivity index (χ0v) is 13.0. The van der Waals surface area contributed by atoms with Gasteiger partial charge in [-0.25, -0.2) is 9.29 Å². The summed E-state index contributed by atoms with van der Waals surface area (Å²) in [6.07, 6.45) is 1.44. The number of thiophene rings is 1. The molecule has 6 nitrogen and oxygen atoms in total. The van der Waals surface area contributed by atoms with Gasteiger partial charge in [-0.15, -0.1) is 0 Å². The van der Waals surface area contributed by atoms with Gasteiger partial charge in [0.2, 0.25) is 0 Å². The molecule has 0 unspecified atom stereocenters. The van der Waals surface area contributed by atoms with Crippen LogP contribution >= 0.6 is 23.6 Å². The molecule has 1 amide bonds. The molecule has 116 valence electrons. The summed E-state index contributed by atoms with van der Waals surface area (Å²) in [7, 11) is 0. The van der Waals surface area contributed by atoms with Crippen molar-refractivity contribution in [1.29, 1.82) is 0 Å². The third-order valence-corrected chi connectivity index (χ3v) is 4.25. The van der Waals surface area contributed by atoms with Gasteiger partial charge in [0.1, 0.15) is 11.5 Å². The van der Waals surface area contributed by atoms with E-state index in [9.17, 15) is 19.3 Å². The highest BCUT2D eigenvalue weighted by molar-refractivity contribution is 7.80.